The van der Waals surface area contributed by atoms with Gasteiger partial charge in [-0.1, -0.05) is 53.7 Å². The number of carbonyl (C=O) groups excluding carboxylic acids is 1. The molecule has 26 heavy (non-hydrogen) atoms. The third kappa shape index (κ3) is 4.08. The van der Waals surface area contributed by atoms with Gasteiger partial charge >= 0.3 is 6.18 Å². The van der Waals surface area contributed by atoms with Crippen LogP contribution in [0.2, 0.25) is 5.02 Å². The Kier molecular flexibility index (Phi) is 5.33. The molecule has 1 heterocycles. The van der Waals surface area contributed by atoms with E-state index < -0.39 is 17.6 Å². The molecule has 2 aromatic carbocycles. The summed E-state index contributed by atoms with van der Waals surface area (Å²) < 4.78 is 38.9. The van der Waals surface area contributed by atoms with Gasteiger partial charge in [0.2, 0.25) is 5.91 Å². The van der Waals surface area contributed by atoms with Crippen LogP contribution in [-0.4, -0.2) is 23.0 Å². The Bertz CT molecular complexity index is 885. The summed E-state index contributed by atoms with van der Waals surface area (Å²) in [4.78, 5) is 13.2. The first-order valence-electron chi connectivity index (χ1n) is 7.35. The first kappa shape index (κ1) is 18.5. The average Bonchev–Trinajstić information content (AvgIpc) is 2.96. The topological polar surface area (TPSA) is 45.0 Å². The minimum atomic E-state index is -4.54. The van der Waals surface area contributed by atoms with Gasteiger partial charge in [0.05, 0.1) is 28.2 Å². The van der Waals surface area contributed by atoms with Crippen molar-refractivity contribution in [2.75, 3.05) is 10.7 Å². The molecule has 0 N–H and O–H groups in total. The molecular formula is C17H11ClF3N3OS. The number of amidine groups is 1. The van der Waals surface area contributed by atoms with Crippen LogP contribution < -0.4 is 4.90 Å². The van der Waals surface area contributed by atoms with Crippen molar-refractivity contribution < 1.29 is 18.0 Å². The molecule has 0 aliphatic carbocycles. The van der Waals surface area contributed by atoms with E-state index in [1.807, 2.05) is 30.3 Å². The van der Waals surface area contributed by atoms with Crippen molar-refractivity contribution in [3.63, 3.8) is 0 Å². The highest BCUT2D eigenvalue weighted by Gasteiger charge is 2.35. The zero-order chi connectivity index (χ0) is 18.7. The summed E-state index contributed by atoms with van der Waals surface area (Å²) in [6.45, 7) is 0. The third-order valence-corrected chi connectivity index (χ3v) is 4.66. The van der Waals surface area contributed by atoms with Gasteiger partial charge in [0, 0.05) is 0 Å². The molecule has 134 valence electrons. The van der Waals surface area contributed by atoms with Gasteiger partial charge in [0.25, 0.3) is 0 Å². The summed E-state index contributed by atoms with van der Waals surface area (Å²) in [6.07, 6.45) is -3.06. The summed E-state index contributed by atoms with van der Waals surface area (Å²) in [5.41, 5.74) is -0.159. The molecular weight excluding hydrogens is 387 g/mol. The number of benzene rings is 2. The number of hydrogen-bond acceptors (Lipinski definition) is 4. The predicted molar refractivity (Wildman–Crippen MR) is 97.9 cm³/mol. The predicted octanol–water partition coefficient (Wildman–Crippen LogP) is 4.83. The molecule has 1 saturated heterocycles. The van der Waals surface area contributed by atoms with Crippen LogP contribution >= 0.6 is 23.4 Å². The quantitative estimate of drug-likeness (QED) is 0.550. The van der Waals surface area contributed by atoms with Crippen molar-refractivity contribution in [1.29, 1.82) is 0 Å². The number of alkyl halides is 3. The lowest BCUT2D eigenvalue weighted by Crippen LogP contribution is -2.29. The number of thioether (sulfide) groups is 1. The van der Waals surface area contributed by atoms with E-state index in [-0.39, 0.29) is 21.6 Å². The van der Waals surface area contributed by atoms with Gasteiger partial charge in [0.15, 0.2) is 5.17 Å². The fourth-order valence-corrected chi connectivity index (χ4v) is 3.24. The molecule has 0 atom stereocenters. The normalized spacial score (nSPS) is 16.8. The Morgan fingerprint density at radius 1 is 1.15 bits per heavy atom. The second kappa shape index (κ2) is 7.51. The standard InChI is InChI=1S/C17H11ClF3N3OS/c18-13-7-6-12(17(19,20)21)8-14(13)24-15(25)10-26-16(24)23-22-9-11-4-2-1-3-5-11/h1-9H,10H2/b22-9+,23-16-. The number of amides is 1. The first-order valence-corrected chi connectivity index (χ1v) is 8.71. The third-order valence-electron chi connectivity index (χ3n) is 3.43. The van der Waals surface area contributed by atoms with E-state index in [4.69, 9.17) is 11.6 Å². The second-order valence-electron chi connectivity index (χ2n) is 5.22. The number of anilines is 1. The molecule has 1 aliphatic heterocycles. The Morgan fingerprint density at radius 2 is 1.88 bits per heavy atom. The fourth-order valence-electron chi connectivity index (χ4n) is 2.22. The van der Waals surface area contributed by atoms with Crippen LogP contribution in [0.15, 0.2) is 58.7 Å². The van der Waals surface area contributed by atoms with Gasteiger partial charge in [-0.05, 0) is 23.8 Å². The molecule has 1 aliphatic rings. The molecule has 0 unspecified atom stereocenters. The molecule has 0 bridgehead atoms. The molecule has 1 amide bonds. The van der Waals surface area contributed by atoms with E-state index in [2.05, 4.69) is 10.2 Å². The lowest BCUT2D eigenvalue weighted by Gasteiger charge is -2.18. The minimum Gasteiger partial charge on any atom is -0.273 e. The number of hydrogen-bond donors (Lipinski definition) is 0. The largest absolute Gasteiger partial charge is 0.416 e. The number of carbonyl (C=O) groups is 1. The number of halogens is 4. The Morgan fingerprint density at radius 3 is 2.58 bits per heavy atom. The lowest BCUT2D eigenvalue weighted by molar-refractivity contribution is -0.137. The van der Waals surface area contributed by atoms with Crippen LogP contribution in [0.1, 0.15) is 11.1 Å². The van der Waals surface area contributed by atoms with Crippen molar-refractivity contribution >= 4 is 46.3 Å². The Balaban J connectivity index is 1.93. The highest BCUT2D eigenvalue weighted by Crippen LogP contribution is 2.38. The zero-order valence-corrected chi connectivity index (χ0v) is 14.6. The smallest absolute Gasteiger partial charge is 0.273 e. The van der Waals surface area contributed by atoms with E-state index in [1.54, 1.807) is 0 Å². The van der Waals surface area contributed by atoms with Crippen molar-refractivity contribution in [3.8, 4) is 0 Å². The van der Waals surface area contributed by atoms with Crippen LogP contribution in [0.3, 0.4) is 0 Å². The van der Waals surface area contributed by atoms with E-state index in [9.17, 15) is 18.0 Å². The van der Waals surface area contributed by atoms with Crippen molar-refractivity contribution in [1.82, 2.24) is 0 Å². The summed E-state index contributed by atoms with van der Waals surface area (Å²) in [5.74, 6) is -0.364. The SMILES string of the molecule is O=C1CS/C(=N\N=C\c2ccccc2)N1c1cc(C(F)(F)F)ccc1Cl. The van der Waals surface area contributed by atoms with Crippen LogP contribution in [0.5, 0.6) is 0 Å². The highest BCUT2D eigenvalue weighted by molar-refractivity contribution is 8.15. The maximum Gasteiger partial charge on any atom is 0.416 e. The molecule has 1 fully saturated rings. The molecule has 0 aromatic heterocycles. The molecule has 0 spiro atoms. The van der Waals surface area contributed by atoms with Crippen LogP contribution in [0, 0.1) is 0 Å². The average molecular weight is 398 g/mol. The van der Waals surface area contributed by atoms with Crippen molar-refractivity contribution in [3.05, 3.63) is 64.7 Å². The van der Waals surface area contributed by atoms with E-state index in [1.165, 1.54) is 6.21 Å². The molecule has 4 nitrogen and oxygen atoms in total. The van der Waals surface area contributed by atoms with E-state index in [0.717, 1.165) is 40.4 Å². The van der Waals surface area contributed by atoms with Crippen LogP contribution in [0.4, 0.5) is 18.9 Å². The monoisotopic (exact) mass is 397 g/mol. The lowest BCUT2D eigenvalue weighted by atomic mass is 10.2. The minimum absolute atomic E-state index is 0.0218. The highest BCUT2D eigenvalue weighted by atomic mass is 35.5. The van der Waals surface area contributed by atoms with Crippen LogP contribution in [0.25, 0.3) is 0 Å². The molecule has 0 radical (unpaired) electrons. The first-order chi connectivity index (χ1) is 12.4. The summed E-state index contributed by atoms with van der Waals surface area (Å²) in [5, 5.41) is 8.08. The fraction of sp³-hybridized carbons (Fsp3) is 0.118. The maximum absolute atomic E-state index is 13.0. The van der Waals surface area contributed by atoms with Gasteiger partial charge in [-0.15, -0.1) is 5.10 Å². The number of nitrogens with zero attached hydrogens (tertiary/aromatic N) is 3. The maximum atomic E-state index is 13.0. The molecule has 0 saturated carbocycles. The molecule has 9 heteroatoms. The molecule has 3 rings (SSSR count). The van der Waals surface area contributed by atoms with Gasteiger partial charge < -0.3 is 0 Å². The summed E-state index contributed by atoms with van der Waals surface area (Å²) in [7, 11) is 0. The second-order valence-corrected chi connectivity index (χ2v) is 6.57. The van der Waals surface area contributed by atoms with Crippen molar-refractivity contribution in [2.45, 2.75) is 6.18 Å². The Hall–Kier alpha value is -2.32. The summed E-state index contributed by atoms with van der Waals surface area (Å²) in [6, 6.07) is 12.0. The van der Waals surface area contributed by atoms with E-state index >= 15 is 0 Å². The van der Waals surface area contributed by atoms with Gasteiger partial charge in [-0.3, -0.25) is 9.69 Å². The van der Waals surface area contributed by atoms with Crippen molar-refractivity contribution in [2.24, 2.45) is 10.2 Å². The van der Waals surface area contributed by atoms with Crippen LogP contribution in [-0.2, 0) is 11.0 Å². The summed E-state index contributed by atoms with van der Waals surface area (Å²) >= 11 is 7.11. The zero-order valence-electron chi connectivity index (χ0n) is 13.1. The van der Waals surface area contributed by atoms with Gasteiger partial charge in [-0.25, -0.2) is 0 Å². The number of rotatable bonds is 3. The van der Waals surface area contributed by atoms with Gasteiger partial charge in [0.1, 0.15) is 0 Å². The molecule has 2 aromatic rings. The van der Waals surface area contributed by atoms with Gasteiger partial charge in [-0.2, -0.15) is 18.3 Å². The van der Waals surface area contributed by atoms with E-state index in [0.29, 0.717) is 0 Å². The Labute approximate surface area is 156 Å².